The summed E-state index contributed by atoms with van der Waals surface area (Å²) in [5, 5.41) is 17.8. The van der Waals surface area contributed by atoms with E-state index >= 15 is 0 Å². The highest BCUT2D eigenvalue weighted by Crippen LogP contribution is 2.48. The molecule has 1 aliphatic rings. The third-order valence-corrected chi connectivity index (χ3v) is 5.52. The van der Waals surface area contributed by atoms with Crippen LogP contribution in [0.25, 0.3) is 11.3 Å². The van der Waals surface area contributed by atoms with Gasteiger partial charge in [-0.2, -0.15) is 5.26 Å². The molecular weight excluding hydrogens is 411 g/mol. The molecule has 0 spiro atoms. The summed E-state index contributed by atoms with van der Waals surface area (Å²) in [6.45, 7) is 2.51. The minimum absolute atomic E-state index is 0.00853. The molecular formula is C21H16Cl2N4O2. The van der Waals surface area contributed by atoms with Crippen molar-refractivity contribution in [3.63, 3.8) is 0 Å². The SMILES string of the molecule is CCOc1ccc(-c2[nH]nc3c2[C@H](c2cccc(Cl)c2Cl)C(C#N)=C(N)O3)cc1. The van der Waals surface area contributed by atoms with Gasteiger partial charge in [0.05, 0.1) is 33.8 Å². The zero-order valence-corrected chi connectivity index (χ0v) is 16.9. The Morgan fingerprint density at radius 1 is 1.24 bits per heavy atom. The Hall–Kier alpha value is -3.14. The maximum absolute atomic E-state index is 9.78. The number of nitriles is 1. The van der Waals surface area contributed by atoms with Gasteiger partial charge in [-0.15, -0.1) is 5.10 Å². The Morgan fingerprint density at radius 2 is 2.00 bits per heavy atom. The van der Waals surface area contributed by atoms with Crippen LogP contribution in [0.5, 0.6) is 11.6 Å². The minimum atomic E-state index is -0.574. The molecule has 4 rings (SSSR count). The van der Waals surface area contributed by atoms with Gasteiger partial charge in [0.15, 0.2) is 0 Å². The van der Waals surface area contributed by atoms with Crippen molar-refractivity contribution in [1.82, 2.24) is 10.2 Å². The van der Waals surface area contributed by atoms with Gasteiger partial charge in [0.25, 0.3) is 0 Å². The average molecular weight is 427 g/mol. The van der Waals surface area contributed by atoms with Crippen molar-refractivity contribution in [2.24, 2.45) is 5.73 Å². The van der Waals surface area contributed by atoms with E-state index in [0.29, 0.717) is 39.4 Å². The van der Waals surface area contributed by atoms with Crippen molar-refractivity contribution in [2.75, 3.05) is 6.61 Å². The van der Waals surface area contributed by atoms with Crippen LogP contribution in [-0.2, 0) is 0 Å². The Bertz CT molecular complexity index is 1150. The van der Waals surface area contributed by atoms with E-state index in [0.717, 1.165) is 11.3 Å². The monoisotopic (exact) mass is 426 g/mol. The van der Waals surface area contributed by atoms with Gasteiger partial charge in [-0.05, 0) is 42.8 Å². The van der Waals surface area contributed by atoms with Crippen molar-refractivity contribution >= 4 is 23.2 Å². The van der Waals surface area contributed by atoms with Crippen molar-refractivity contribution in [3.05, 3.63) is 75.1 Å². The fraction of sp³-hybridized carbons (Fsp3) is 0.143. The van der Waals surface area contributed by atoms with Gasteiger partial charge in [-0.3, -0.25) is 5.10 Å². The van der Waals surface area contributed by atoms with Crippen molar-refractivity contribution in [3.8, 4) is 29.0 Å². The van der Waals surface area contributed by atoms with Gasteiger partial charge < -0.3 is 15.2 Å². The molecule has 3 N–H and O–H groups in total. The van der Waals surface area contributed by atoms with E-state index in [2.05, 4.69) is 16.3 Å². The Morgan fingerprint density at radius 3 is 2.69 bits per heavy atom. The molecule has 3 aromatic rings. The number of aromatic nitrogens is 2. The standard InChI is InChI=1S/C21H16Cl2N4O2/c1-2-28-12-8-6-11(7-9-12)19-17-16(13-4-3-5-15(22)18(13)23)14(10-24)20(25)29-21(17)27-26-19/h3-9,16H,2,25H2,1H3,(H,26,27)/t16-/m1/s1. The number of rotatable bonds is 4. The number of aromatic amines is 1. The molecule has 0 fully saturated rings. The lowest BCUT2D eigenvalue weighted by atomic mass is 9.83. The smallest absolute Gasteiger partial charge is 0.244 e. The normalized spacial score (nSPS) is 15.4. The predicted molar refractivity (Wildman–Crippen MR) is 111 cm³/mol. The van der Waals surface area contributed by atoms with E-state index in [-0.39, 0.29) is 11.5 Å². The molecule has 8 heteroatoms. The third-order valence-electron chi connectivity index (χ3n) is 4.69. The van der Waals surface area contributed by atoms with Gasteiger partial charge >= 0.3 is 0 Å². The van der Waals surface area contributed by atoms with Crippen LogP contribution >= 0.6 is 23.2 Å². The number of fused-ring (bicyclic) bond motifs is 1. The first-order valence-corrected chi connectivity index (χ1v) is 9.63. The number of H-pyrrole nitrogens is 1. The molecule has 1 aromatic heterocycles. The van der Waals surface area contributed by atoms with Gasteiger partial charge in [-0.1, -0.05) is 35.3 Å². The summed E-state index contributed by atoms with van der Waals surface area (Å²) < 4.78 is 11.1. The molecule has 0 bridgehead atoms. The van der Waals surface area contributed by atoms with Crippen LogP contribution in [0, 0.1) is 11.3 Å². The Balaban J connectivity index is 1.90. The quantitative estimate of drug-likeness (QED) is 0.611. The first kappa shape index (κ1) is 19.2. The summed E-state index contributed by atoms with van der Waals surface area (Å²) in [5.41, 5.74) is 9.13. The van der Waals surface area contributed by atoms with Crippen LogP contribution in [0.4, 0.5) is 0 Å². The molecule has 29 heavy (non-hydrogen) atoms. The van der Waals surface area contributed by atoms with Crippen LogP contribution in [-0.4, -0.2) is 16.8 Å². The summed E-state index contributed by atoms with van der Waals surface area (Å²) >= 11 is 12.7. The molecule has 0 aliphatic carbocycles. The maximum Gasteiger partial charge on any atom is 0.244 e. The number of nitrogens with one attached hydrogen (secondary N) is 1. The summed E-state index contributed by atoms with van der Waals surface area (Å²) in [4.78, 5) is 0. The Kier molecular flexibility index (Phi) is 5.10. The van der Waals surface area contributed by atoms with E-state index in [9.17, 15) is 5.26 Å². The second kappa shape index (κ2) is 7.70. The second-order valence-corrected chi connectivity index (χ2v) is 7.13. The molecule has 0 saturated heterocycles. The van der Waals surface area contributed by atoms with Crippen LogP contribution in [0.2, 0.25) is 10.0 Å². The van der Waals surface area contributed by atoms with Crippen molar-refractivity contribution in [2.45, 2.75) is 12.8 Å². The first-order chi connectivity index (χ1) is 14.0. The zero-order valence-electron chi connectivity index (χ0n) is 15.4. The molecule has 1 atom stereocenters. The van der Waals surface area contributed by atoms with Crippen molar-refractivity contribution in [1.29, 1.82) is 5.26 Å². The number of hydrogen-bond acceptors (Lipinski definition) is 5. The summed E-state index contributed by atoms with van der Waals surface area (Å²) in [6, 6.07) is 15.0. The topological polar surface area (TPSA) is 97.0 Å². The largest absolute Gasteiger partial charge is 0.494 e. The minimum Gasteiger partial charge on any atom is -0.494 e. The molecule has 6 nitrogen and oxygen atoms in total. The number of allylic oxidation sites excluding steroid dienone is 1. The maximum atomic E-state index is 9.78. The van der Waals surface area contributed by atoms with E-state index in [1.165, 1.54) is 0 Å². The average Bonchev–Trinajstić information content (AvgIpc) is 3.13. The number of ether oxygens (including phenoxy) is 2. The summed E-state index contributed by atoms with van der Waals surface area (Å²) in [6.07, 6.45) is 0. The molecule has 0 amide bonds. The van der Waals surface area contributed by atoms with Gasteiger partial charge in [0, 0.05) is 5.56 Å². The van der Waals surface area contributed by atoms with Gasteiger partial charge in [0.2, 0.25) is 11.8 Å². The van der Waals surface area contributed by atoms with Gasteiger partial charge in [-0.25, -0.2) is 0 Å². The van der Waals surface area contributed by atoms with Crippen molar-refractivity contribution < 1.29 is 9.47 Å². The highest BCUT2D eigenvalue weighted by atomic mass is 35.5. The molecule has 146 valence electrons. The van der Waals surface area contributed by atoms with E-state index < -0.39 is 5.92 Å². The van der Waals surface area contributed by atoms with Gasteiger partial charge in [0.1, 0.15) is 17.4 Å². The number of nitrogens with zero attached hydrogens (tertiary/aromatic N) is 2. The lowest BCUT2D eigenvalue weighted by molar-refractivity contribution is 0.340. The van der Waals surface area contributed by atoms with Crippen LogP contribution in [0.15, 0.2) is 53.9 Å². The zero-order chi connectivity index (χ0) is 20.5. The Labute approximate surface area is 177 Å². The molecule has 0 unspecified atom stereocenters. The molecule has 1 aliphatic heterocycles. The second-order valence-electron chi connectivity index (χ2n) is 6.34. The summed E-state index contributed by atoms with van der Waals surface area (Å²) in [5.74, 6) is 0.477. The first-order valence-electron chi connectivity index (χ1n) is 8.88. The van der Waals surface area contributed by atoms with E-state index in [1.54, 1.807) is 12.1 Å². The number of nitrogens with two attached hydrogens (primary N) is 1. The third kappa shape index (κ3) is 3.29. The van der Waals surface area contributed by atoms with Crippen LogP contribution in [0.1, 0.15) is 24.0 Å². The lowest BCUT2D eigenvalue weighted by Gasteiger charge is -2.25. The fourth-order valence-electron chi connectivity index (χ4n) is 3.40. The molecule has 0 radical (unpaired) electrons. The fourth-order valence-corrected chi connectivity index (χ4v) is 3.82. The lowest BCUT2D eigenvalue weighted by Crippen LogP contribution is -2.21. The highest BCUT2D eigenvalue weighted by molar-refractivity contribution is 6.42. The van der Waals surface area contributed by atoms with Crippen LogP contribution in [0.3, 0.4) is 0 Å². The molecule has 0 saturated carbocycles. The number of benzene rings is 2. The molecule has 2 aromatic carbocycles. The number of halogens is 2. The van der Waals surface area contributed by atoms with E-state index in [4.69, 9.17) is 38.4 Å². The summed E-state index contributed by atoms with van der Waals surface area (Å²) in [7, 11) is 0. The van der Waals surface area contributed by atoms with Crippen LogP contribution < -0.4 is 15.2 Å². The van der Waals surface area contributed by atoms with E-state index in [1.807, 2.05) is 37.3 Å². The number of hydrogen-bond donors (Lipinski definition) is 2. The molecule has 2 heterocycles. The highest BCUT2D eigenvalue weighted by Gasteiger charge is 2.36. The predicted octanol–water partition coefficient (Wildman–Crippen LogP) is 5.00.